The number of benzene rings is 5. The van der Waals surface area contributed by atoms with Crippen LogP contribution in [0.25, 0.3) is 11.1 Å². The monoisotopic (exact) mass is 902 g/mol. The molecular weight excluding hydrogens is 856 g/mol. The molecular formula is C44H47ClN6O7S3. The maximum Gasteiger partial charge on any atom is 0.293 e. The lowest BCUT2D eigenvalue weighted by molar-refractivity contribution is -0.384. The lowest BCUT2D eigenvalue weighted by Gasteiger charge is -2.36. The second-order valence-electron chi connectivity index (χ2n) is 15.1. The molecule has 2 heterocycles. The first-order valence-corrected chi connectivity index (χ1v) is 24.6. The minimum atomic E-state index is -4.49. The summed E-state index contributed by atoms with van der Waals surface area (Å²) in [6.45, 7) is 5.41. The predicted octanol–water partition coefficient (Wildman–Crippen LogP) is 7.05. The van der Waals surface area contributed by atoms with E-state index < -0.39 is 41.3 Å². The Kier molecular flexibility index (Phi) is 14.3. The number of nitro groups is 1. The number of amides is 1. The summed E-state index contributed by atoms with van der Waals surface area (Å²) in [5.41, 5.74) is 4.23. The van der Waals surface area contributed by atoms with E-state index in [9.17, 15) is 31.7 Å². The highest BCUT2D eigenvalue weighted by atomic mass is 35.5. The topological polar surface area (TPSA) is 162 Å². The number of carbonyl (C=O) groups excluding carboxylic acids is 1. The molecule has 0 aliphatic carbocycles. The van der Waals surface area contributed by atoms with Gasteiger partial charge in [0.15, 0.2) is 9.84 Å². The Labute approximate surface area is 366 Å². The van der Waals surface area contributed by atoms with Gasteiger partial charge >= 0.3 is 0 Å². The van der Waals surface area contributed by atoms with Gasteiger partial charge in [-0.25, -0.2) is 21.6 Å². The molecule has 0 radical (unpaired) electrons. The summed E-state index contributed by atoms with van der Waals surface area (Å²) in [6, 6.07) is 35.9. The molecule has 2 aliphatic heterocycles. The van der Waals surface area contributed by atoms with Gasteiger partial charge < -0.3 is 15.1 Å². The summed E-state index contributed by atoms with van der Waals surface area (Å²) in [4.78, 5) is 32.2. The van der Waals surface area contributed by atoms with Crippen LogP contribution in [0.15, 0.2) is 131 Å². The van der Waals surface area contributed by atoms with Gasteiger partial charge in [0.1, 0.15) is 5.69 Å². The van der Waals surface area contributed by atoms with Crippen molar-refractivity contribution >= 4 is 66.2 Å². The summed E-state index contributed by atoms with van der Waals surface area (Å²) in [7, 11) is -7.53. The number of halogens is 1. The zero-order valence-electron chi connectivity index (χ0n) is 33.4. The number of nitrogens with one attached hydrogen (secondary N) is 2. The van der Waals surface area contributed by atoms with Gasteiger partial charge in [-0.15, -0.1) is 11.8 Å². The molecule has 61 heavy (non-hydrogen) atoms. The number of hydrogen-bond acceptors (Lipinski definition) is 12. The van der Waals surface area contributed by atoms with E-state index in [2.05, 4.69) is 42.9 Å². The van der Waals surface area contributed by atoms with E-state index in [0.29, 0.717) is 36.8 Å². The van der Waals surface area contributed by atoms with E-state index in [-0.39, 0.29) is 28.8 Å². The van der Waals surface area contributed by atoms with Crippen LogP contribution in [0, 0.1) is 10.1 Å². The number of thioether (sulfide) groups is 1. The van der Waals surface area contributed by atoms with Crippen LogP contribution in [0.2, 0.25) is 5.02 Å². The highest BCUT2D eigenvalue weighted by molar-refractivity contribution is 7.99. The van der Waals surface area contributed by atoms with E-state index in [4.69, 9.17) is 11.6 Å². The van der Waals surface area contributed by atoms with Gasteiger partial charge in [0, 0.05) is 91.4 Å². The maximum atomic E-state index is 13.5. The van der Waals surface area contributed by atoms with Gasteiger partial charge in [-0.3, -0.25) is 19.8 Å². The fourth-order valence-electron chi connectivity index (χ4n) is 7.43. The van der Waals surface area contributed by atoms with Crippen LogP contribution >= 0.6 is 23.4 Å². The molecule has 320 valence electrons. The van der Waals surface area contributed by atoms with E-state index in [0.717, 1.165) is 54.9 Å². The van der Waals surface area contributed by atoms with Gasteiger partial charge in [-0.05, 0) is 83.8 Å². The minimum Gasteiger partial charge on any atom is -0.376 e. The molecule has 2 N–H and O–H groups in total. The fraction of sp³-hybridized carbons (Fsp3) is 0.295. The Morgan fingerprint density at radius 2 is 1.49 bits per heavy atom. The zero-order chi connectivity index (χ0) is 43.0. The molecule has 5 aromatic rings. The number of rotatable bonds is 16. The van der Waals surface area contributed by atoms with Crippen LogP contribution in [0.1, 0.15) is 22.3 Å². The van der Waals surface area contributed by atoms with Crippen molar-refractivity contribution in [1.82, 2.24) is 14.5 Å². The third-order valence-corrected chi connectivity index (χ3v) is 15.3. The summed E-state index contributed by atoms with van der Waals surface area (Å²) in [6.07, 6.45) is 0.559. The van der Waals surface area contributed by atoms with Crippen molar-refractivity contribution in [3.05, 3.63) is 148 Å². The summed E-state index contributed by atoms with van der Waals surface area (Å²) in [5, 5.41) is 16.3. The highest BCUT2D eigenvalue weighted by Crippen LogP contribution is 2.31. The maximum absolute atomic E-state index is 13.5. The number of anilines is 2. The Hall–Kier alpha value is -4.97. The molecule has 0 saturated carbocycles. The molecule has 0 bridgehead atoms. The van der Waals surface area contributed by atoms with E-state index in [1.807, 2.05) is 60.7 Å². The lowest BCUT2D eigenvalue weighted by atomic mass is 9.99. The quantitative estimate of drug-likeness (QED) is 0.0591. The normalized spacial score (nSPS) is 16.4. The standard InChI is InChI=1S/C44H47ClN6O7S3/c45-36-14-10-33(11-15-36)41-9-5-4-6-35(41)31-49-22-24-50(25-23-49)38-16-12-34(13-17-38)44(52)47-61(57,58)40-18-19-42(43(30-40)51(53)54)46-37(32-59-39-7-2-1-3-8-39)20-21-48-26-28-60(55,56)29-27-48/h1-19,30,37,46H,20-29,31-32H2,(H,47,52)/t37-/m1/s1. The van der Waals surface area contributed by atoms with Gasteiger partial charge in [-0.2, -0.15) is 0 Å². The van der Waals surface area contributed by atoms with Crippen molar-refractivity contribution in [1.29, 1.82) is 0 Å². The number of piperazine rings is 1. The van der Waals surface area contributed by atoms with Gasteiger partial charge in [-0.1, -0.05) is 66.2 Å². The van der Waals surface area contributed by atoms with Crippen molar-refractivity contribution in [2.75, 3.05) is 73.3 Å². The minimum absolute atomic E-state index is 0.0923. The smallest absolute Gasteiger partial charge is 0.293 e. The molecule has 0 spiro atoms. The Balaban J connectivity index is 0.960. The predicted molar refractivity (Wildman–Crippen MR) is 243 cm³/mol. The largest absolute Gasteiger partial charge is 0.376 e. The molecule has 13 nitrogen and oxygen atoms in total. The van der Waals surface area contributed by atoms with E-state index in [1.165, 1.54) is 23.3 Å². The molecule has 17 heteroatoms. The number of sulfone groups is 1. The second-order valence-corrected chi connectivity index (χ2v) is 20.6. The number of carbonyl (C=O) groups is 1. The first-order valence-electron chi connectivity index (χ1n) is 20.0. The zero-order valence-corrected chi connectivity index (χ0v) is 36.6. The molecule has 2 aliphatic rings. The number of nitrogens with zero attached hydrogens (tertiary/aromatic N) is 4. The molecule has 0 aromatic heterocycles. The SMILES string of the molecule is O=C(NS(=O)(=O)c1ccc(N[C@H](CCN2CCS(=O)(=O)CC2)CSc2ccccc2)c([N+](=O)[O-])c1)c1ccc(N2CCN(Cc3ccccc3-c3ccc(Cl)cc3)CC2)cc1. The Morgan fingerprint density at radius 3 is 2.18 bits per heavy atom. The molecule has 7 rings (SSSR count). The third kappa shape index (κ3) is 11.9. The average molecular weight is 904 g/mol. The Bertz CT molecular complexity index is 2530. The fourth-order valence-corrected chi connectivity index (χ4v) is 10.8. The van der Waals surface area contributed by atoms with E-state index >= 15 is 0 Å². The molecule has 5 aromatic carbocycles. The number of hydrogen-bond donors (Lipinski definition) is 2. The first-order chi connectivity index (χ1) is 29.3. The highest BCUT2D eigenvalue weighted by Gasteiger charge is 2.27. The van der Waals surface area contributed by atoms with Crippen LogP contribution in [-0.2, 0) is 26.4 Å². The molecule has 1 atom stereocenters. The average Bonchev–Trinajstić information content (AvgIpc) is 3.26. The van der Waals surface area contributed by atoms with Crippen LogP contribution in [-0.4, -0.2) is 107 Å². The van der Waals surface area contributed by atoms with Crippen molar-refractivity contribution < 1.29 is 26.6 Å². The summed E-state index contributed by atoms with van der Waals surface area (Å²) >= 11 is 7.69. The second kappa shape index (κ2) is 19.8. The molecule has 2 fully saturated rings. The Morgan fingerprint density at radius 1 is 0.820 bits per heavy atom. The van der Waals surface area contributed by atoms with Crippen LogP contribution in [0.4, 0.5) is 17.1 Å². The first kappa shape index (κ1) is 44.1. The summed E-state index contributed by atoms with van der Waals surface area (Å²) < 4.78 is 52.9. The van der Waals surface area contributed by atoms with Crippen LogP contribution in [0.5, 0.6) is 0 Å². The lowest BCUT2D eigenvalue weighted by Crippen LogP contribution is -2.46. The molecule has 0 unspecified atom stereocenters. The number of nitro benzene ring substituents is 1. The molecule has 2 saturated heterocycles. The van der Waals surface area contributed by atoms with E-state index in [1.54, 1.807) is 36.0 Å². The third-order valence-electron chi connectivity index (χ3n) is 10.9. The van der Waals surface area contributed by atoms with Crippen LogP contribution in [0.3, 0.4) is 0 Å². The number of sulfonamides is 1. The van der Waals surface area contributed by atoms with Gasteiger partial charge in [0.2, 0.25) is 0 Å². The van der Waals surface area contributed by atoms with Crippen molar-refractivity contribution in [3.8, 4) is 11.1 Å². The van der Waals surface area contributed by atoms with Crippen LogP contribution < -0.4 is 14.9 Å². The van der Waals surface area contributed by atoms with Gasteiger partial charge in [0.25, 0.3) is 21.6 Å². The van der Waals surface area contributed by atoms with Gasteiger partial charge in [0.05, 0.1) is 21.3 Å². The van der Waals surface area contributed by atoms with Crippen molar-refractivity contribution in [2.24, 2.45) is 0 Å². The van der Waals surface area contributed by atoms with Crippen molar-refractivity contribution in [3.63, 3.8) is 0 Å². The van der Waals surface area contributed by atoms with Crippen molar-refractivity contribution in [2.45, 2.75) is 28.8 Å². The molecule has 1 amide bonds. The summed E-state index contributed by atoms with van der Waals surface area (Å²) in [5.74, 6) is -0.132.